The maximum Gasteiger partial charge on any atom is 0.243 e. The van der Waals surface area contributed by atoms with Crippen molar-refractivity contribution in [3.05, 3.63) is 64.1 Å². The zero-order valence-electron chi connectivity index (χ0n) is 21.2. The molecule has 2 aromatic carbocycles. The Hall–Kier alpha value is -2.29. The summed E-state index contributed by atoms with van der Waals surface area (Å²) >= 11 is 12.3. The summed E-state index contributed by atoms with van der Waals surface area (Å²) in [7, 11) is -3.57. The van der Waals surface area contributed by atoms with E-state index in [1.54, 1.807) is 35.2 Å². The molecule has 0 radical (unpaired) electrons. The van der Waals surface area contributed by atoms with Crippen LogP contribution < -0.4 is 9.62 Å². The fourth-order valence-electron chi connectivity index (χ4n) is 3.78. The van der Waals surface area contributed by atoms with E-state index in [1.807, 2.05) is 39.0 Å². The molecule has 198 valence electrons. The van der Waals surface area contributed by atoms with Crippen LogP contribution in [0.5, 0.6) is 0 Å². The summed E-state index contributed by atoms with van der Waals surface area (Å²) in [6.07, 6.45) is 2.67. The molecule has 1 N–H and O–H groups in total. The normalized spacial score (nSPS) is 13.1. The molecule has 0 aliphatic heterocycles. The number of nitrogens with one attached hydrogen (secondary N) is 1. The molecule has 2 amide bonds. The van der Waals surface area contributed by atoms with Crippen LogP contribution in [-0.2, 0) is 26.2 Å². The summed E-state index contributed by atoms with van der Waals surface area (Å²) in [5.41, 5.74) is 1.21. The van der Waals surface area contributed by atoms with Crippen molar-refractivity contribution in [1.29, 1.82) is 0 Å². The minimum Gasteiger partial charge on any atom is -0.352 e. The summed E-state index contributed by atoms with van der Waals surface area (Å²) in [4.78, 5) is 28.1. The molecule has 0 heterocycles. The van der Waals surface area contributed by atoms with Gasteiger partial charge in [-0.25, -0.2) is 8.42 Å². The number of hydrogen-bond donors (Lipinski definition) is 1. The summed E-state index contributed by atoms with van der Waals surface area (Å²) in [5.74, 6) is -0.461. The first kappa shape index (κ1) is 29.9. The number of amides is 2. The van der Waals surface area contributed by atoms with Crippen molar-refractivity contribution in [3.63, 3.8) is 0 Å². The van der Waals surface area contributed by atoms with Gasteiger partial charge >= 0.3 is 0 Å². The number of sulfonamides is 1. The van der Waals surface area contributed by atoms with E-state index >= 15 is 0 Å². The molecular formula is C26H35Cl2N3O4S. The maximum atomic E-state index is 13.4. The number of carbonyl (C=O) groups is 2. The lowest BCUT2D eigenvalue weighted by molar-refractivity contribution is -0.141. The molecule has 2 atom stereocenters. The van der Waals surface area contributed by atoms with Gasteiger partial charge in [-0.15, -0.1) is 0 Å². The third kappa shape index (κ3) is 8.68. The van der Waals surface area contributed by atoms with Crippen LogP contribution in [0.15, 0.2) is 48.5 Å². The molecule has 0 saturated carbocycles. The fraction of sp³-hybridized carbons (Fsp3) is 0.462. The van der Waals surface area contributed by atoms with Gasteiger partial charge in [0.1, 0.15) is 6.04 Å². The van der Waals surface area contributed by atoms with Crippen LogP contribution in [0.4, 0.5) is 5.69 Å². The van der Waals surface area contributed by atoms with Crippen LogP contribution in [0.1, 0.15) is 52.0 Å². The van der Waals surface area contributed by atoms with E-state index in [9.17, 15) is 18.0 Å². The average Bonchev–Trinajstić information content (AvgIpc) is 2.82. The summed E-state index contributed by atoms with van der Waals surface area (Å²) in [6, 6.07) is 13.0. The summed E-state index contributed by atoms with van der Waals surface area (Å²) in [5, 5.41) is 3.98. The van der Waals surface area contributed by atoms with Gasteiger partial charge in [-0.2, -0.15) is 0 Å². The zero-order valence-corrected chi connectivity index (χ0v) is 23.5. The highest BCUT2D eigenvalue weighted by Gasteiger charge is 2.29. The van der Waals surface area contributed by atoms with E-state index in [0.29, 0.717) is 22.2 Å². The number of benzene rings is 2. The smallest absolute Gasteiger partial charge is 0.243 e. The van der Waals surface area contributed by atoms with Crippen LogP contribution in [0.2, 0.25) is 10.0 Å². The highest BCUT2D eigenvalue weighted by Crippen LogP contribution is 2.23. The number of rotatable bonds is 13. The Morgan fingerprint density at radius 1 is 1.00 bits per heavy atom. The van der Waals surface area contributed by atoms with Gasteiger partial charge in [0.25, 0.3) is 0 Å². The molecule has 0 aliphatic rings. The second kappa shape index (κ2) is 13.9. The monoisotopic (exact) mass is 555 g/mol. The summed E-state index contributed by atoms with van der Waals surface area (Å²) in [6.45, 7) is 6.05. The molecule has 7 nitrogen and oxygen atoms in total. The number of nitrogens with zero attached hydrogens (tertiary/aromatic N) is 2. The van der Waals surface area contributed by atoms with Gasteiger partial charge in [0.2, 0.25) is 21.8 Å². The van der Waals surface area contributed by atoms with Crippen LogP contribution in [0, 0.1) is 0 Å². The van der Waals surface area contributed by atoms with Gasteiger partial charge in [-0.3, -0.25) is 13.9 Å². The van der Waals surface area contributed by atoms with E-state index in [1.165, 1.54) is 4.31 Å². The highest BCUT2D eigenvalue weighted by molar-refractivity contribution is 7.92. The Kier molecular flexibility index (Phi) is 11.5. The highest BCUT2D eigenvalue weighted by atomic mass is 35.5. The van der Waals surface area contributed by atoms with E-state index in [4.69, 9.17) is 23.2 Å². The molecule has 0 bridgehead atoms. The zero-order chi connectivity index (χ0) is 26.9. The largest absolute Gasteiger partial charge is 0.352 e. The Morgan fingerprint density at radius 3 is 2.19 bits per heavy atom. The van der Waals surface area contributed by atoms with Crippen LogP contribution in [-0.4, -0.2) is 50.0 Å². The van der Waals surface area contributed by atoms with Crippen molar-refractivity contribution >= 4 is 50.7 Å². The Morgan fingerprint density at radius 2 is 1.64 bits per heavy atom. The topological polar surface area (TPSA) is 86.8 Å². The average molecular weight is 557 g/mol. The maximum absolute atomic E-state index is 13.4. The lowest BCUT2D eigenvalue weighted by Gasteiger charge is -2.32. The van der Waals surface area contributed by atoms with Gasteiger partial charge in [-0.1, -0.05) is 55.2 Å². The molecule has 2 aromatic rings. The molecule has 0 aromatic heterocycles. The predicted molar refractivity (Wildman–Crippen MR) is 147 cm³/mol. The van der Waals surface area contributed by atoms with E-state index in [-0.39, 0.29) is 43.8 Å². The van der Waals surface area contributed by atoms with Crippen LogP contribution >= 0.6 is 23.2 Å². The molecule has 0 spiro atoms. The second-order valence-electron chi connectivity index (χ2n) is 8.77. The Labute approximate surface area is 224 Å². The first-order valence-corrected chi connectivity index (χ1v) is 14.6. The third-order valence-electron chi connectivity index (χ3n) is 5.95. The second-order valence-corrected chi connectivity index (χ2v) is 11.5. The van der Waals surface area contributed by atoms with E-state index < -0.39 is 16.1 Å². The predicted octanol–water partition coefficient (Wildman–Crippen LogP) is 5.26. The molecule has 0 aliphatic carbocycles. The Balaban J connectivity index is 2.23. The van der Waals surface area contributed by atoms with Crippen molar-refractivity contribution < 1.29 is 18.0 Å². The molecule has 2 rings (SSSR count). The van der Waals surface area contributed by atoms with Crippen LogP contribution in [0.25, 0.3) is 0 Å². The van der Waals surface area contributed by atoms with Gasteiger partial charge in [0.05, 0.1) is 11.9 Å². The lowest BCUT2D eigenvalue weighted by Crippen LogP contribution is -2.50. The SMILES string of the molecule is CCC(C)NC(=O)C(CC)N(Cc1ccccc1Cl)C(=O)CCCN(c1ccc(Cl)cc1)S(C)(=O)=O. The standard InChI is InChI=1S/C26H35Cl2N3O4S/c1-5-19(3)29-26(33)24(6-2)30(18-20-10-7-8-11-23(20)28)25(32)12-9-17-31(36(4,34)35)22-15-13-21(27)14-16-22/h7-8,10-11,13-16,19,24H,5-6,9,12,17-18H2,1-4H3,(H,29,33). The van der Waals surface area contributed by atoms with Gasteiger partial charge in [-0.05, 0) is 62.1 Å². The minimum absolute atomic E-state index is 0.0217. The van der Waals surface area contributed by atoms with Crippen molar-refractivity contribution in [2.75, 3.05) is 17.1 Å². The first-order chi connectivity index (χ1) is 17.0. The molecule has 36 heavy (non-hydrogen) atoms. The lowest BCUT2D eigenvalue weighted by atomic mass is 10.1. The van der Waals surface area contributed by atoms with Crippen LogP contribution in [0.3, 0.4) is 0 Å². The van der Waals surface area contributed by atoms with Crippen molar-refractivity contribution in [1.82, 2.24) is 10.2 Å². The quantitative estimate of drug-likeness (QED) is 0.365. The minimum atomic E-state index is -3.57. The van der Waals surface area contributed by atoms with E-state index in [2.05, 4.69) is 5.32 Å². The number of halogens is 2. The number of hydrogen-bond acceptors (Lipinski definition) is 4. The number of anilines is 1. The molecular weight excluding hydrogens is 521 g/mol. The fourth-order valence-corrected chi connectivity index (χ4v) is 5.07. The van der Waals surface area contributed by atoms with Crippen molar-refractivity contribution in [3.8, 4) is 0 Å². The van der Waals surface area contributed by atoms with Gasteiger partial charge in [0.15, 0.2) is 0 Å². The van der Waals surface area contributed by atoms with Gasteiger partial charge in [0, 0.05) is 35.6 Å². The first-order valence-electron chi connectivity index (χ1n) is 12.0. The van der Waals surface area contributed by atoms with Crippen molar-refractivity contribution in [2.45, 2.75) is 65.1 Å². The molecule has 0 saturated heterocycles. The molecule has 10 heteroatoms. The van der Waals surface area contributed by atoms with E-state index in [0.717, 1.165) is 18.2 Å². The third-order valence-corrected chi connectivity index (χ3v) is 7.77. The number of carbonyl (C=O) groups excluding carboxylic acids is 2. The molecule has 0 fully saturated rings. The van der Waals surface area contributed by atoms with Crippen molar-refractivity contribution in [2.24, 2.45) is 0 Å². The molecule has 2 unspecified atom stereocenters. The summed E-state index contributed by atoms with van der Waals surface area (Å²) < 4.78 is 26.1. The Bertz CT molecular complexity index is 1130. The van der Waals surface area contributed by atoms with Gasteiger partial charge < -0.3 is 10.2 Å².